The number of hydrogen-bond acceptors (Lipinski definition) is 2. The van der Waals surface area contributed by atoms with Gasteiger partial charge in [-0.25, -0.2) is 0 Å². The summed E-state index contributed by atoms with van der Waals surface area (Å²) in [5.41, 5.74) is 0. The van der Waals surface area contributed by atoms with Crippen LogP contribution in [0.25, 0.3) is 0 Å². The van der Waals surface area contributed by atoms with E-state index in [9.17, 15) is 0 Å². The highest BCUT2D eigenvalue weighted by Crippen LogP contribution is 1.90. The van der Waals surface area contributed by atoms with Crippen LogP contribution >= 0.6 is 0 Å². The number of hydrogen-bond donors (Lipinski definition) is 1. The van der Waals surface area contributed by atoms with Crippen molar-refractivity contribution in [1.82, 2.24) is 5.32 Å². The van der Waals surface area contributed by atoms with Gasteiger partial charge >= 0.3 is 0 Å². The summed E-state index contributed by atoms with van der Waals surface area (Å²) < 4.78 is 4.92. The summed E-state index contributed by atoms with van der Waals surface area (Å²) in [4.78, 5) is 0. The Balaban J connectivity index is 3.03. The lowest BCUT2D eigenvalue weighted by atomic mass is 10.2. The second-order valence-electron chi connectivity index (χ2n) is 2.73. The summed E-state index contributed by atoms with van der Waals surface area (Å²) >= 11 is 0. The summed E-state index contributed by atoms with van der Waals surface area (Å²) in [6.45, 7) is 7.71. The minimum absolute atomic E-state index is 0.546. The Labute approximate surface area is 69.6 Å². The number of rotatable bonds is 7. The third-order valence-corrected chi connectivity index (χ3v) is 1.54. The van der Waals surface area contributed by atoms with E-state index in [-0.39, 0.29) is 0 Å². The molecule has 2 nitrogen and oxygen atoms in total. The molecule has 0 saturated carbocycles. The van der Waals surface area contributed by atoms with Gasteiger partial charge in [-0.15, -0.1) is 6.58 Å². The molecule has 0 amide bonds. The van der Waals surface area contributed by atoms with Crippen molar-refractivity contribution in [3.8, 4) is 0 Å². The SMILES string of the molecule is C=CC[C@H](C)NCCCOC. The lowest BCUT2D eigenvalue weighted by Gasteiger charge is -2.10. The molecule has 0 aromatic rings. The van der Waals surface area contributed by atoms with Crippen LogP contribution < -0.4 is 5.32 Å². The second kappa shape index (κ2) is 7.76. The Morgan fingerprint density at radius 2 is 2.36 bits per heavy atom. The van der Waals surface area contributed by atoms with Gasteiger partial charge in [-0.05, 0) is 26.3 Å². The molecule has 0 radical (unpaired) electrons. The van der Waals surface area contributed by atoms with Crippen molar-refractivity contribution in [3.63, 3.8) is 0 Å². The molecular formula is C9H19NO. The van der Waals surface area contributed by atoms with Crippen LogP contribution in [0.5, 0.6) is 0 Å². The first kappa shape index (κ1) is 10.7. The third kappa shape index (κ3) is 7.56. The molecule has 0 rings (SSSR count). The molecule has 0 aromatic carbocycles. The van der Waals surface area contributed by atoms with E-state index < -0.39 is 0 Å². The molecule has 0 unspecified atom stereocenters. The van der Waals surface area contributed by atoms with E-state index in [4.69, 9.17) is 4.74 Å². The number of nitrogens with one attached hydrogen (secondary N) is 1. The van der Waals surface area contributed by atoms with E-state index in [0.29, 0.717) is 6.04 Å². The lowest BCUT2D eigenvalue weighted by molar-refractivity contribution is 0.193. The molecule has 0 aliphatic carbocycles. The number of methoxy groups -OCH3 is 1. The van der Waals surface area contributed by atoms with Crippen molar-refractivity contribution >= 4 is 0 Å². The first-order valence-corrected chi connectivity index (χ1v) is 4.14. The highest BCUT2D eigenvalue weighted by atomic mass is 16.5. The van der Waals surface area contributed by atoms with E-state index in [2.05, 4.69) is 18.8 Å². The largest absolute Gasteiger partial charge is 0.385 e. The summed E-state index contributed by atoms with van der Waals surface area (Å²) in [5.74, 6) is 0. The zero-order chi connectivity index (χ0) is 8.53. The van der Waals surface area contributed by atoms with Crippen molar-refractivity contribution in [1.29, 1.82) is 0 Å². The Kier molecular flexibility index (Phi) is 7.52. The minimum atomic E-state index is 0.546. The molecular weight excluding hydrogens is 138 g/mol. The molecule has 1 N–H and O–H groups in total. The van der Waals surface area contributed by atoms with Gasteiger partial charge in [-0.1, -0.05) is 6.08 Å². The maximum atomic E-state index is 4.92. The Bertz CT molecular complexity index is 93.6. The molecule has 0 aliphatic heterocycles. The number of ether oxygens (including phenoxy) is 1. The molecule has 66 valence electrons. The molecule has 1 atom stereocenters. The molecule has 0 aromatic heterocycles. The standard InChI is InChI=1S/C9H19NO/c1-4-6-9(2)10-7-5-8-11-3/h4,9-10H,1,5-8H2,2-3H3/t9-/m0/s1. The Hall–Kier alpha value is -0.340. The van der Waals surface area contributed by atoms with Gasteiger partial charge in [-0.2, -0.15) is 0 Å². The van der Waals surface area contributed by atoms with Gasteiger partial charge < -0.3 is 10.1 Å². The molecule has 2 heteroatoms. The molecule has 0 fully saturated rings. The monoisotopic (exact) mass is 157 g/mol. The molecule has 0 bridgehead atoms. The smallest absolute Gasteiger partial charge is 0.0474 e. The lowest BCUT2D eigenvalue weighted by Crippen LogP contribution is -2.26. The third-order valence-electron chi connectivity index (χ3n) is 1.54. The quantitative estimate of drug-likeness (QED) is 0.447. The highest BCUT2D eigenvalue weighted by molar-refractivity contribution is 4.74. The molecule has 11 heavy (non-hydrogen) atoms. The van der Waals surface area contributed by atoms with Crippen molar-refractivity contribution < 1.29 is 4.74 Å². The zero-order valence-corrected chi connectivity index (χ0v) is 7.60. The van der Waals surface area contributed by atoms with Gasteiger partial charge in [0.05, 0.1) is 0 Å². The van der Waals surface area contributed by atoms with E-state index in [0.717, 1.165) is 26.0 Å². The molecule has 0 spiro atoms. The Morgan fingerprint density at radius 3 is 2.91 bits per heavy atom. The molecule has 0 heterocycles. The van der Waals surface area contributed by atoms with E-state index in [1.165, 1.54) is 0 Å². The van der Waals surface area contributed by atoms with Crippen LogP contribution in [0.3, 0.4) is 0 Å². The first-order chi connectivity index (χ1) is 5.31. The second-order valence-corrected chi connectivity index (χ2v) is 2.73. The molecule has 0 saturated heterocycles. The summed E-state index contributed by atoms with van der Waals surface area (Å²) in [6.07, 6.45) is 4.05. The van der Waals surface area contributed by atoms with Crippen LogP contribution in [-0.2, 0) is 4.74 Å². The fourth-order valence-electron chi connectivity index (χ4n) is 0.898. The van der Waals surface area contributed by atoms with Crippen LogP contribution in [-0.4, -0.2) is 26.3 Å². The van der Waals surface area contributed by atoms with Gasteiger partial charge in [0.2, 0.25) is 0 Å². The van der Waals surface area contributed by atoms with Gasteiger partial charge in [0.15, 0.2) is 0 Å². The fraction of sp³-hybridized carbons (Fsp3) is 0.778. The van der Waals surface area contributed by atoms with Crippen LogP contribution in [0.15, 0.2) is 12.7 Å². The van der Waals surface area contributed by atoms with Gasteiger partial charge in [0, 0.05) is 19.8 Å². The average Bonchev–Trinajstić information content (AvgIpc) is 1.99. The fourth-order valence-corrected chi connectivity index (χ4v) is 0.898. The first-order valence-electron chi connectivity index (χ1n) is 4.14. The topological polar surface area (TPSA) is 21.3 Å². The maximum absolute atomic E-state index is 4.92. The normalized spacial score (nSPS) is 12.9. The van der Waals surface area contributed by atoms with E-state index in [1.54, 1.807) is 7.11 Å². The Morgan fingerprint density at radius 1 is 1.64 bits per heavy atom. The van der Waals surface area contributed by atoms with Crippen LogP contribution in [0.4, 0.5) is 0 Å². The summed E-state index contributed by atoms with van der Waals surface area (Å²) in [6, 6.07) is 0.546. The van der Waals surface area contributed by atoms with Crippen molar-refractivity contribution in [2.24, 2.45) is 0 Å². The van der Waals surface area contributed by atoms with Gasteiger partial charge in [0.25, 0.3) is 0 Å². The average molecular weight is 157 g/mol. The van der Waals surface area contributed by atoms with Crippen LogP contribution in [0.2, 0.25) is 0 Å². The summed E-state index contributed by atoms with van der Waals surface area (Å²) in [7, 11) is 1.73. The van der Waals surface area contributed by atoms with Crippen LogP contribution in [0.1, 0.15) is 19.8 Å². The predicted molar refractivity (Wildman–Crippen MR) is 48.8 cm³/mol. The highest BCUT2D eigenvalue weighted by Gasteiger charge is 1.95. The maximum Gasteiger partial charge on any atom is 0.0474 e. The van der Waals surface area contributed by atoms with Gasteiger partial charge in [-0.3, -0.25) is 0 Å². The molecule has 0 aliphatic rings. The van der Waals surface area contributed by atoms with E-state index in [1.807, 2.05) is 6.08 Å². The van der Waals surface area contributed by atoms with Crippen molar-refractivity contribution in [2.45, 2.75) is 25.8 Å². The van der Waals surface area contributed by atoms with Crippen molar-refractivity contribution in [2.75, 3.05) is 20.3 Å². The predicted octanol–water partition coefficient (Wildman–Crippen LogP) is 1.58. The zero-order valence-electron chi connectivity index (χ0n) is 7.60. The van der Waals surface area contributed by atoms with Crippen molar-refractivity contribution in [3.05, 3.63) is 12.7 Å². The van der Waals surface area contributed by atoms with Crippen LogP contribution in [0, 0.1) is 0 Å². The van der Waals surface area contributed by atoms with E-state index >= 15 is 0 Å². The summed E-state index contributed by atoms with van der Waals surface area (Å²) in [5, 5.41) is 3.37. The minimum Gasteiger partial charge on any atom is -0.385 e. The van der Waals surface area contributed by atoms with Gasteiger partial charge in [0.1, 0.15) is 0 Å².